The van der Waals surface area contributed by atoms with Crippen LogP contribution < -0.4 is 0 Å². The number of thioether (sulfide) groups is 1. The van der Waals surface area contributed by atoms with Crippen LogP contribution >= 0.6 is 23.4 Å². The smallest absolute Gasteiger partial charge is 0.339 e. The average Bonchev–Trinajstić information content (AvgIpc) is 2.81. The number of methoxy groups -OCH3 is 1. The molecule has 0 saturated carbocycles. The first-order valence-corrected chi connectivity index (χ1v) is 6.70. The predicted octanol–water partition coefficient (Wildman–Crippen LogP) is 1.94. The van der Waals surface area contributed by atoms with Gasteiger partial charge in [0.05, 0.1) is 17.7 Å². The number of benzene rings is 1. The number of nitrogens with zero attached hydrogens (tertiary/aromatic N) is 4. The van der Waals surface area contributed by atoms with Crippen molar-refractivity contribution in [1.29, 1.82) is 0 Å². The van der Waals surface area contributed by atoms with Gasteiger partial charge in [-0.1, -0.05) is 29.4 Å². The van der Waals surface area contributed by atoms with Crippen LogP contribution in [0.15, 0.2) is 23.4 Å². The Labute approximate surface area is 119 Å². The molecule has 0 unspecified atom stereocenters. The van der Waals surface area contributed by atoms with Gasteiger partial charge in [-0.05, 0) is 28.1 Å². The summed E-state index contributed by atoms with van der Waals surface area (Å²) in [5.41, 5.74) is 1.34. The van der Waals surface area contributed by atoms with Crippen LogP contribution in [0.5, 0.6) is 0 Å². The van der Waals surface area contributed by atoms with E-state index < -0.39 is 5.97 Å². The molecular formula is C11H11ClN4O2S. The SMILES string of the molecule is COC(=O)c1ccc(CSc2nnnn2C)cc1Cl. The molecule has 8 heteroatoms. The van der Waals surface area contributed by atoms with E-state index in [0.29, 0.717) is 21.5 Å². The highest BCUT2D eigenvalue weighted by molar-refractivity contribution is 7.98. The molecule has 0 atom stereocenters. The van der Waals surface area contributed by atoms with Crippen LogP contribution in [-0.4, -0.2) is 33.3 Å². The van der Waals surface area contributed by atoms with Crippen molar-refractivity contribution in [2.45, 2.75) is 10.9 Å². The van der Waals surface area contributed by atoms with Crippen molar-refractivity contribution in [3.05, 3.63) is 34.3 Å². The van der Waals surface area contributed by atoms with Gasteiger partial charge in [0.25, 0.3) is 0 Å². The predicted molar refractivity (Wildman–Crippen MR) is 71.2 cm³/mol. The first-order valence-electron chi connectivity index (χ1n) is 5.33. The van der Waals surface area contributed by atoms with Gasteiger partial charge < -0.3 is 4.74 Å². The Morgan fingerprint density at radius 3 is 2.89 bits per heavy atom. The summed E-state index contributed by atoms with van der Waals surface area (Å²) in [4.78, 5) is 11.4. The number of hydrogen-bond acceptors (Lipinski definition) is 6. The largest absolute Gasteiger partial charge is 0.465 e. The third kappa shape index (κ3) is 3.24. The molecule has 6 nitrogen and oxygen atoms in total. The van der Waals surface area contributed by atoms with Crippen LogP contribution in [0.2, 0.25) is 5.02 Å². The molecule has 1 heterocycles. The number of rotatable bonds is 4. The standard InChI is InChI=1S/C11H11ClN4O2S/c1-16-11(13-14-15-16)19-6-7-3-4-8(9(12)5-7)10(17)18-2/h3-5H,6H2,1-2H3. The van der Waals surface area contributed by atoms with Gasteiger partial charge in [-0.2, -0.15) is 0 Å². The Morgan fingerprint density at radius 1 is 1.53 bits per heavy atom. The van der Waals surface area contributed by atoms with E-state index in [1.54, 1.807) is 23.9 Å². The molecule has 19 heavy (non-hydrogen) atoms. The number of hydrogen-bond donors (Lipinski definition) is 0. The van der Waals surface area contributed by atoms with Crippen LogP contribution in [0.25, 0.3) is 0 Å². The van der Waals surface area contributed by atoms with Gasteiger partial charge >= 0.3 is 5.97 Å². The maximum absolute atomic E-state index is 11.4. The third-order valence-corrected chi connectivity index (χ3v) is 3.78. The topological polar surface area (TPSA) is 69.9 Å². The Morgan fingerprint density at radius 2 is 2.32 bits per heavy atom. The molecule has 0 N–H and O–H groups in total. The molecule has 1 aromatic heterocycles. The summed E-state index contributed by atoms with van der Waals surface area (Å²) in [7, 11) is 3.10. The van der Waals surface area contributed by atoms with Crippen molar-refractivity contribution in [2.75, 3.05) is 7.11 Å². The van der Waals surface area contributed by atoms with Crippen molar-refractivity contribution in [1.82, 2.24) is 20.2 Å². The van der Waals surface area contributed by atoms with Crippen LogP contribution in [0, 0.1) is 0 Å². The summed E-state index contributed by atoms with van der Waals surface area (Å²) in [6.45, 7) is 0. The highest BCUT2D eigenvalue weighted by Crippen LogP contribution is 2.24. The number of halogens is 1. The van der Waals surface area contributed by atoms with E-state index in [4.69, 9.17) is 11.6 Å². The molecule has 0 aliphatic rings. The van der Waals surface area contributed by atoms with Crippen LogP contribution in [0.3, 0.4) is 0 Å². The lowest BCUT2D eigenvalue weighted by atomic mass is 10.1. The van der Waals surface area contributed by atoms with Gasteiger partial charge in [-0.3, -0.25) is 0 Å². The highest BCUT2D eigenvalue weighted by Gasteiger charge is 2.11. The fourth-order valence-electron chi connectivity index (χ4n) is 1.42. The lowest BCUT2D eigenvalue weighted by Gasteiger charge is -2.05. The molecular weight excluding hydrogens is 288 g/mol. The van der Waals surface area contributed by atoms with Gasteiger partial charge in [-0.25, -0.2) is 9.48 Å². The van der Waals surface area contributed by atoms with Gasteiger partial charge in [0.2, 0.25) is 5.16 Å². The number of carbonyl (C=O) groups is 1. The molecule has 0 aliphatic carbocycles. The maximum atomic E-state index is 11.4. The Kier molecular flexibility index (Phi) is 4.39. The Balaban J connectivity index is 2.08. The molecule has 0 aliphatic heterocycles. The molecule has 0 radical (unpaired) electrons. The quantitative estimate of drug-likeness (QED) is 0.634. The summed E-state index contributed by atoms with van der Waals surface area (Å²) in [5, 5.41) is 12.3. The summed E-state index contributed by atoms with van der Waals surface area (Å²) in [5.74, 6) is 0.219. The number of carbonyl (C=O) groups excluding carboxylic acids is 1. The lowest BCUT2D eigenvalue weighted by molar-refractivity contribution is 0.0601. The van der Waals surface area contributed by atoms with E-state index in [1.165, 1.54) is 18.9 Å². The van der Waals surface area contributed by atoms with Gasteiger partial charge in [0.1, 0.15) is 0 Å². The first-order chi connectivity index (χ1) is 9.11. The molecule has 100 valence electrons. The molecule has 2 rings (SSSR count). The molecule has 0 spiro atoms. The molecule has 0 saturated heterocycles. The summed E-state index contributed by atoms with van der Waals surface area (Å²) in [6, 6.07) is 5.22. The average molecular weight is 299 g/mol. The molecule has 1 aromatic carbocycles. The van der Waals surface area contributed by atoms with Crippen molar-refractivity contribution in [3.8, 4) is 0 Å². The highest BCUT2D eigenvalue weighted by atomic mass is 35.5. The zero-order chi connectivity index (χ0) is 13.8. The molecule has 2 aromatic rings. The zero-order valence-corrected chi connectivity index (χ0v) is 11.9. The Bertz CT molecular complexity index is 602. The van der Waals surface area contributed by atoms with E-state index in [9.17, 15) is 4.79 Å². The van der Waals surface area contributed by atoms with Gasteiger partial charge in [-0.15, -0.1) is 5.10 Å². The molecule has 0 amide bonds. The van der Waals surface area contributed by atoms with E-state index in [2.05, 4.69) is 20.3 Å². The fraction of sp³-hybridized carbons (Fsp3) is 0.273. The summed E-state index contributed by atoms with van der Waals surface area (Å²) >= 11 is 7.53. The molecule has 0 bridgehead atoms. The van der Waals surface area contributed by atoms with Crippen LogP contribution in [0.4, 0.5) is 0 Å². The van der Waals surface area contributed by atoms with Crippen LogP contribution in [0.1, 0.15) is 15.9 Å². The first kappa shape index (κ1) is 13.8. The summed E-state index contributed by atoms with van der Waals surface area (Å²) in [6.07, 6.45) is 0. The second-order valence-corrected chi connectivity index (χ2v) is 5.03. The minimum atomic E-state index is -0.443. The van der Waals surface area contributed by atoms with E-state index in [-0.39, 0.29) is 0 Å². The van der Waals surface area contributed by atoms with Crippen LogP contribution in [-0.2, 0) is 17.5 Å². The van der Waals surface area contributed by atoms with Crippen molar-refractivity contribution in [2.24, 2.45) is 7.05 Å². The number of aromatic nitrogens is 4. The summed E-state index contributed by atoms with van der Waals surface area (Å²) < 4.78 is 6.23. The minimum Gasteiger partial charge on any atom is -0.465 e. The van der Waals surface area contributed by atoms with Gasteiger partial charge in [0.15, 0.2) is 0 Å². The lowest BCUT2D eigenvalue weighted by Crippen LogP contribution is -2.02. The van der Waals surface area contributed by atoms with E-state index >= 15 is 0 Å². The van der Waals surface area contributed by atoms with Gasteiger partial charge in [0, 0.05) is 12.8 Å². The van der Waals surface area contributed by atoms with Crippen molar-refractivity contribution in [3.63, 3.8) is 0 Å². The normalized spacial score (nSPS) is 10.5. The third-order valence-electron chi connectivity index (χ3n) is 2.39. The fourth-order valence-corrected chi connectivity index (χ4v) is 2.49. The van der Waals surface area contributed by atoms with Crippen molar-refractivity contribution < 1.29 is 9.53 Å². The number of aryl methyl sites for hydroxylation is 1. The number of esters is 1. The zero-order valence-electron chi connectivity index (χ0n) is 10.3. The Hall–Kier alpha value is -1.60. The monoisotopic (exact) mass is 298 g/mol. The number of ether oxygens (including phenoxy) is 1. The minimum absolute atomic E-state index is 0.359. The second kappa shape index (κ2) is 6.03. The van der Waals surface area contributed by atoms with Crippen molar-refractivity contribution >= 4 is 29.3 Å². The molecule has 0 fully saturated rings. The van der Waals surface area contributed by atoms with E-state index in [1.807, 2.05) is 6.07 Å². The number of tetrazole rings is 1. The van der Waals surface area contributed by atoms with E-state index in [0.717, 1.165) is 5.56 Å². The second-order valence-electron chi connectivity index (χ2n) is 3.68. The maximum Gasteiger partial charge on any atom is 0.339 e.